The summed E-state index contributed by atoms with van der Waals surface area (Å²) in [5.41, 5.74) is -3.33. The van der Waals surface area contributed by atoms with E-state index in [1.165, 1.54) is 23.6 Å². The van der Waals surface area contributed by atoms with Crippen LogP contribution in [0, 0.1) is 0 Å². The second-order valence-electron chi connectivity index (χ2n) is 5.97. The Hall–Kier alpha value is -2.92. The van der Waals surface area contributed by atoms with Crippen LogP contribution in [-0.4, -0.2) is 26.7 Å². The molecule has 0 amide bonds. The third kappa shape index (κ3) is 4.03. The Morgan fingerprint density at radius 1 is 1.27 bits per heavy atom. The molecule has 2 aromatic heterocycles. The van der Waals surface area contributed by atoms with E-state index < -0.39 is 29.1 Å². The number of thiazole rings is 1. The maximum absolute atomic E-state index is 13.0. The van der Waals surface area contributed by atoms with Gasteiger partial charge in [0.25, 0.3) is 5.56 Å². The molecule has 2 heterocycles. The Kier molecular flexibility index (Phi) is 5.86. The van der Waals surface area contributed by atoms with Gasteiger partial charge in [0.05, 0.1) is 17.3 Å². The van der Waals surface area contributed by atoms with Crippen molar-refractivity contribution in [3.05, 3.63) is 66.9 Å². The minimum Gasteiger partial charge on any atom is -0.461 e. The monoisotopic (exact) mass is 459 g/mol. The Bertz CT molecular complexity index is 1250. The molecular weight excluding hydrogens is 447 g/mol. The molecule has 0 saturated heterocycles. The first-order valence-electron chi connectivity index (χ1n) is 8.37. The number of aromatic nitrogens is 3. The number of esters is 1. The predicted octanol–water partition coefficient (Wildman–Crippen LogP) is 3.51. The molecule has 0 atom stereocenters. The molecule has 3 rings (SSSR count). The van der Waals surface area contributed by atoms with Crippen LogP contribution in [0.3, 0.4) is 0 Å². The van der Waals surface area contributed by atoms with Crippen molar-refractivity contribution in [2.24, 2.45) is 7.05 Å². The SMILES string of the molecule is CCOC(=O)c1csc(-c2cc(-n3c(=O)cc(C(F)(F)F)n(C)c3=O)ccc2Cl)n1. The molecule has 1 aromatic carbocycles. The number of halogens is 4. The van der Waals surface area contributed by atoms with E-state index in [2.05, 4.69) is 4.98 Å². The second-order valence-corrected chi connectivity index (χ2v) is 7.23. The molecule has 158 valence electrons. The highest BCUT2D eigenvalue weighted by Gasteiger charge is 2.35. The Morgan fingerprint density at radius 2 is 1.97 bits per heavy atom. The van der Waals surface area contributed by atoms with E-state index in [0.29, 0.717) is 25.8 Å². The number of benzene rings is 1. The quantitative estimate of drug-likeness (QED) is 0.558. The van der Waals surface area contributed by atoms with E-state index in [4.69, 9.17) is 16.3 Å². The lowest BCUT2D eigenvalue weighted by Gasteiger charge is -2.14. The summed E-state index contributed by atoms with van der Waals surface area (Å²) in [4.78, 5) is 40.7. The van der Waals surface area contributed by atoms with Gasteiger partial charge in [-0.05, 0) is 25.1 Å². The highest BCUT2D eigenvalue weighted by Crippen LogP contribution is 2.32. The molecule has 0 saturated carbocycles. The third-order valence-electron chi connectivity index (χ3n) is 4.04. The van der Waals surface area contributed by atoms with Gasteiger partial charge in [-0.15, -0.1) is 11.3 Å². The highest BCUT2D eigenvalue weighted by molar-refractivity contribution is 7.13. The van der Waals surface area contributed by atoms with Crippen molar-refractivity contribution in [3.63, 3.8) is 0 Å². The van der Waals surface area contributed by atoms with Gasteiger partial charge in [-0.3, -0.25) is 9.36 Å². The van der Waals surface area contributed by atoms with Crippen LogP contribution in [0.25, 0.3) is 16.3 Å². The predicted molar refractivity (Wildman–Crippen MR) is 104 cm³/mol. The molecule has 0 aliphatic carbocycles. The number of rotatable bonds is 4. The highest BCUT2D eigenvalue weighted by atomic mass is 35.5. The first-order valence-corrected chi connectivity index (χ1v) is 9.63. The van der Waals surface area contributed by atoms with E-state index in [9.17, 15) is 27.6 Å². The van der Waals surface area contributed by atoms with Gasteiger partial charge in [-0.1, -0.05) is 11.6 Å². The molecule has 7 nitrogen and oxygen atoms in total. The van der Waals surface area contributed by atoms with Crippen molar-refractivity contribution in [1.29, 1.82) is 0 Å². The molecule has 0 fully saturated rings. The van der Waals surface area contributed by atoms with Gasteiger partial charge in [0.2, 0.25) is 0 Å². The fraction of sp³-hybridized carbons (Fsp3) is 0.222. The van der Waals surface area contributed by atoms with Gasteiger partial charge in [0.1, 0.15) is 10.7 Å². The van der Waals surface area contributed by atoms with E-state index in [1.807, 2.05) is 0 Å². The molecule has 0 N–H and O–H groups in total. The molecule has 12 heteroatoms. The van der Waals surface area contributed by atoms with E-state index >= 15 is 0 Å². The summed E-state index contributed by atoms with van der Waals surface area (Å²) in [6.07, 6.45) is -4.86. The number of hydrogen-bond acceptors (Lipinski definition) is 6. The zero-order chi connectivity index (χ0) is 22.2. The van der Waals surface area contributed by atoms with Crippen LogP contribution in [0.2, 0.25) is 5.02 Å². The summed E-state index contributed by atoms with van der Waals surface area (Å²) >= 11 is 7.27. The zero-order valence-corrected chi connectivity index (χ0v) is 17.1. The average Bonchev–Trinajstić information content (AvgIpc) is 3.15. The molecule has 0 radical (unpaired) electrons. The summed E-state index contributed by atoms with van der Waals surface area (Å²) < 4.78 is 44.9. The van der Waals surface area contributed by atoms with Crippen molar-refractivity contribution in [1.82, 2.24) is 14.1 Å². The van der Waals surface area contributed by atoms with Crippen LogP contribution in [0.15, 0.2) is 39.2 Å². The van der Waals surface area contributed by atoms with Crippen molar-refractivity contribution in [2.75, 3.05) is 6.61 Å². The molecule has 30 heavy (non-hydrogen) atoms. The second kappa shape index (κ2) is 8.07. The fourth-order valence-electron chi connectivity index (χ4n) is 2.65. The number of hydrogen-bond donors (Lipinski definition) is 0. The van der Waals surface area contributed by atoms with E-state index in [0.717, 1.165) is 18.4 Å². The molecule has 0 aliphatic heterocycles. The molecular formula is C18H13ClF3N3O4S. The Labute approximate surface area is 175 Å². The summed E-state index contributed by atoms with van der Waals surface area (Å²) in [5, 5.41) is 1.97. The molecule has 3 aromatic rings. The largest absolute Gasteiger partial charge is 0.461 e. The summed E-state index contributed by atoms with van der Waals surface area (Å²) in [6, 6.07) is 4.38. The lowest BCUT2D eigenvalue weighted by atomic mass is 10.2. The lowest BCUT2D eigenvalue weighted by molar-refractivity contribution is -0.144. The fourth-order valence-corrected chi connectivity index (χ4v) is 3.73. The van der Waals surface area contributed by atoms with Gasteiger partial charge >= 0.3 is 17.8 Å². The lowest BCUT2D eigenvalue weighted by Crippen LogP contribution is -2.40. The first-order chi connectivity index (χ1) is 14.0. The smallest absolute Gasteiger partial charge is 0.431 e. The topological polar surface area (TPSA) is 83.2 Å². The van der Waals surface area contributed by atoms with Gasteiger partial charge in [0.15, 0.2) is 5.69 Å². The van der Waals surface area contributed by atoms with Crippen LogP contribution >= 0.6 is 22.9 Å². The van der Waals surface area contributed by atoms with E-state index in [1.54, 1.807) is 6.92 Å². The van der Waals surface area contributed by atoms with Crippen molar-refractivity contribution >= 4 is 28.9 Å². The van der Waals surface area contributed by atoms with Crippen molar-refractivity contribution in [3.8, 4) is 16.3 Å². The molecule has 0 aliphatic rings. The maximum Gasteiger partial charge on any atom is 0.431 e. The number of alkyl halides is 3. The minimum absolute atomic E-state index is 0.00149. The first kappa shape index (κ1) is 21.8. The zero-order valence-electron chi connectivity index (χ0n) is 15.5. The Morgan fingerprint density at radius 3 is 2.60 bits per heavy atom. The average molecular weight is 460 g/mol. The number of nitrogens with zero attached hydrogens (tertiary/aromatic N) is 3. The summed E-state index contributed by atoms with van der Waals surface area (Å²) in [5.74, 6) is -0.625. The van der Waals surface area contributed by atoms with Crippen LogP contribution in [0.5, 0.6) is 0 Å². The molecule has 0 unspecified atom stereocenters. The maximum atomic E-state index is 13.0. The van der Waals surface area contributed by atoms with Crippen LogP contribution in [0.1, 0.15) is 23.1 Å². The summed E-state index contributed by atoms with van der Waals surface area (Å²) in [7, 11) is 0.921. The van der Waals surface area contributed by atoms with Crippen molar-refractivity contribution < 1.29 is 22.7 Å². The van der Waals surface area contributed by atoms with Gasteiger partial charge in [-0.2, -0.15) is 13.2 Å². The number of carbonyl (C=O) groups excluding carboxylic acids is 1. The van der Waals surface area contributed by atoms with Gasteiger partial charge in [0, 0.05) is 24.1 Å². The van der Waals surface area contributed by atoms with E-state index in [-0.39, 0.29) is 23.0 Å². The normalized spacial score (nSPS) is 11.5. The number of ether oxygens (including phenoxy) is 1. The Balaban J connectivity index is 2.13. The van der Waals surface area contributed by atoms with Crippen LogP contribution < -0.4 is 11.2 Å². The van der Waals surface area contributed by atoms with Crippen LogP contribution in [-0.2, 0) is 18.0 Å². The van der Waals surface area contributed by atoms with Gasteiger partial charge < -0.3 is 4.74 Å². The van der Waals surface area contributed by atoms with Crippen LogP contribution in [0.4, 0.5) is 13.2 Å². The molecule has 0 spiro atoms. The van der Waals surface area contributed by atoms with Gasteiger partial charge in [-0.25, -0.2) is 19.1 Å². The third-order valence-corrected chi connectivity index (χ3v) is 5.24. The van der Waals surface area contributed by atoms with Crippen molar-refractivity contribution in [2.45, 2.75) is 13.1 Å². The summed E-state index contributed by atoms with van der Waals surface area (Å²) in [6.45, 7) is 1.82. The standard InChI is InChI=1S/C18H13ClF3N3O4S/c1-3-29-16(27)12-8-30-15(23-12)10-6-9(4-5-11(10)19)25-14(26)7-13(18(20,21)22)24(2)17(25)28/h4-8H,3H2,1-2H3. The minimum atomic E-state index is -4.86. The number of carbonyl (C=O) groups is 1. The molecule has 0 bridgehead atoms.